The first-order valence-corrected chi connectivity index (χ1v) is 11.8. The Bertz CT molecular complexity index is 990. The van der Waals surface area contributed by atoms with Gasteiger partial charge < -0.3 is 15.1 Å². The maximum absolute atomic E-state index is 13.1. The van der Waals surface area contributed by atoms with Crippen molar-refractivity contribution >= 4 is 27.3 Å². The van der Waals surface area contributed by atoms with Gasteiger partial charge in [-0.1, -0.05) is 12.1 Å². The number of benzene rings is 2. The van der Waals surface area contributed by atoms with E-state index in [9.17, 15) is 17.6 Å². The molecule has 0 unspecified atom stereocenters. The number of hydrogen-bond donors (Lipinski definition) is 1. The van der Waals surface area contributed by atoms with Crippen LogP contribution in [0.5, 0.6) is 0 Å². The van der Waals surface area contributed by atoms with E-state index in [-0.39, 0.29) is 23.8 Å². The van der Waals surface area contributed by atoms with Crippen molar-refractivity contribution in [3.05, 3.63) is 54.3 Å². The second kappa shape index (κ2) is 10.2. The summed E-state index contributed by atoms with van der Waals surface area (Å²) < 4.78 is 39.3. The second-order valence-corrected chi connectivity index (χ2v) is 9.78. The van der Waals surface area contributed by atoms with Crippen LogP contribution in [-0.2, 0) is 14.8 Å². The van der Waals surface area contributed by atoms with Crippen molar-refractivity contribution in [3.8, 4) is 0 Å². The average Bonchev–Trinajstić information content (AvgIpc) is 2.75. The molecule has 2 aromatic rings. The molecule has 0 atom stereocenters. The number of para-hydroxylation sites is 2. The Balaban J connectivity index is 1.53. The molecule has 1 heterocycles. The highest BCUT2D eigenvalue weighted by Crippen LogP contribution is 2.26. The lowest BCUT2D eigenvalue weighted by molar-refractivity contribution is -0.116. The van der Waals surface area contributed by atoms with E-state index in [4.69, 9.17) is 0 Å². The zero-order valence-corrected chi connectivity index (χ0v) is 18.7. The molecule has 1 fully saturated rings. The summed E-state index contributed by atoms with van der Waals surface area (Å²) >= 11 is 0. The van der Waals surface area contributed by atoms with Gasteiger partial charge in [0.15, 0.2) is 0 Å². The molecule has 0 aliphatic carbocycles. The normalized spacial score (nSPS) is 15.3. The Morgan fingerprint density at radius 1 is 1.06 bits per heavy atom. The van der Waals surface area contributed by atoms with Gasteiger partial charge in [0.1, 0.15) is 5.82 Å². The smallest absolute Gasteiger partial charge is 0.242 e. The van der Waals surface area contributed by atoms with Gasteiger partial charge in [0.2, 0.25) is 15.9 Å². The molecule has 168 valence electrons. The number of amides is 1. The van der Waals surface area contributed by atoms with Crippen LogP contribution in [0, 0.1) is 5.82 Å². The van der Waals surface area contributed by atoms with Crippen molar-refractivity contribution in [2.75, 3.05) is 57.0 Å². The number of anilines is 2. The van der Waals surface area contributed by atoms with E-state index < -0.39 is 15.8 Å². The number of nitrogens with one attached hydrogen (secondary N) is 1. The third-order valence-corrected chi connectivity index (χ3v) is 7.29. The third-order valence-electron chi connectivity index (χ3n) is 5.42. The largest absolute Gasteiger partial charge is 0.367 e. The van der Waals surface area contributed by atoms with Gasteiger partial charge in [-0.15, -0.1) is 0 Å². The molecular formula is C22H29FN4O3S. The van der Waals surface area contributed by atoms with Crippen molar-refractivity contribution < 1.29 is 17.6 Å². The summed E-state index contributed by atoms with van der Waals surface area (Å²) in [6.45, 7) is 3.92. The maximum Gasteiger partial charge on any atom is 0.242 e. The molecular weight excluding hydrogens is 419 g/mol. The Kier molecular flexibility index (Phi) is 7.64. The molecule has 3 rings (SSSR count). The van der Waals surface area contributed by atoms with Crippen LogP contribution in [-0.4, -0.2) is 70.3 Å². The fourth-order valence-electron chi connectivity index (χ4n) is 3.48. The fraction of sp³-hybridized carbons (Fsp3) is 0.409. The Morgan fingerprint density at radius 3 is 2.39 bits per heavy atom. The van der Waals surface area contributed by atoms with E-state index in [0.717, 1.165) is 49.7 Å². The van der Waals surface area contributed by atoms with Gasteiger partial charge in [-0.25, -0.2) is 17.1 Å². The Morgan fingerprint density at radius 2 is 1.71 bits per heavy atom. The Hall–Kier alpha value is -2.49. The van der Waals surface area contributed by atoms with Crippen molar-refractivity contribution in [2.24, 2.45) is 0 Å². The summed E-state index contributed by atoms with van der Waals surface area (Å²) in [6, 6.07) is 12.4. The number of likely N-dealkylation sites (N-methyl/N-ethyl adjacent to an activating group) is 1. The first kappa shape index (κ1) is 23.2. The first-order chi connectivity index (χ1) is 14.8. The number of carbonyl (C=O) groups excluding carboxylic acids is 1. The zero-order chi connectivity index (χ0) is 22.4. The van der Waals surface area contributed by atoms with Gasteiger partial charge in [-0.3, -0.25) is 4.79 Å². The van der Waals surface area contributed by atoms with Crippen LogP contribution in [0.15, 0.2) is 53.4 Å². The predicted molar refractivity (Wildman–Crippen MR) is 120 cm³/mol. The number of hydrogen-bond acceptors (Lipinski definition) is 5. The highest BCUT2D eigenvalue weighted by atomic mass is 32.2. The summed E-state index contributed by atoms with van der Waals surface area (Å²) in [5.41, 5.74) is 1.77. The van der Waals surface area contributed by atoms with Gasteiger partial charge in [-0.05, 0) is 49.9 Å². The van der Waals surface area contributed by atoms with E-state index in [1.54, 1.807) is 0 Å². The predicted octanol–water partition coefficient (Wildman–Crippen LogP) is 2.62. The van der Waals surface area contributed by atoms with E-state index in [0.29, 0.717) is 6.42 Å². The molecule has 0 saturated carbocycles. The van der Waals surface area contributed by atoms with Crippen LogP contribution in [0.2, 0.25) is 0 Å². The SMILES string of the molecule is CN1CCN(c2ccccc2NC(=O)CCCN(C)S(=O)(=O)c2ccc(F)cc2)CC1. The zero-order valence-electron chi connectivity index (χ0n) is 17.9. The quantitative estimate of drug-likeness (QED) is 0.672. The second-order valence-electron chi connectivity index (χ2n) is 7.74. The highest BCUT2D eigenvalue weighted by Gasteiger charge is 2.21. The van der Waals surface area contributed by atoms with Crippen LogP contribution < -0.4 is 10.2 Å². The molecule has 1 aliphatic heterocycles. The van der Waals surface area contributed by atoms with Crippen molar-refractivity contribution in [3.63, 3.8) is 0 Å². The first-order valence-electron chi connectivity index (χ1n) is 10.3. The van der Waals surface area contributed by atoms with Gasteiger partial charge in [0.25, 0.3) is 0 Å². The molecule has 0 aromatic heterocycles. The molecule has 1 N–H and O–H groups in total. The van der Waals surface area contributed by atoms with Gasteiger partial charge >= 0.3 is 0 Å². The van der Waals surface area contributed by atoms with Crippen LogP contribution in [0.3, 0.4) is 0 Å². The number of halogens is 1. The van der Waals surface area contributed by atoms with Crippen LogP contribution >= 0.6 is 0 Å². The summed E-state index contributed by atoms with van der Waals surface area (Å²) in [6.07, 6.45) is 0.569. The molecule has 0 spiro atoms. The van der Waals surface area contributed by atoms with Crippen molar-refractivity contribution in [2.45, 2.75) is 17.7 Å². The number of carbonyl (C=O) groups is 1. The van der Waals surface area contributed by atoms with E-state index >= 15 is 0 Å². The van der Waals surface area contributed by atoms with E-state index in [1.165, 1.54) is 23.5 Å². The molecule has 31 heavy (non-hydrogen) atoms. The average molecular weight is 449 g/mol. The molecule has 1 aliphatic rings. The number of piperazine rings is 1. The lowest BCUT2D eigenvalue weighted by Crippen LogP contribution is -2.44. The minimum absolute atomic E-state index is 0.0296. The van der Waals surface area contributed by atoms with E-state index in [1.807, 2.05) is 24.3 Å². The molecule has 7 nitrogen and oxygen atoms in total. The molecule has 0 radical (unpaired) electrons. The minimum atomic E-state index is -3.71. The Labute approximate surface area is 183 Å². The van der Waals surface area contributed by atoms with Gasteiger partial charge in [-0.2, -0.15) is 0 Å². The number of nitrogens with zero attached hydrogens (tertiary/aromatic N) is 3. The summed E-state index contributed by atoms with van der Waals surface area (Å²) in [5.74, 6) is -0.649. The van der Waals surface area contributed by atoms with Crippen LogP contribution in [0.25, 0.3) is 0 Å². The van der Waals surface area contributed by atoms with Crippen LogP contribution in [0.1, 0.15) is 12.8 Å². The number of sulfonamides is 1. The third kappa shape index (κ3) is 6.03. The van der Waals surface area contributed by atoms with Crippen molar-refractivity contribution in [1.29, 1.82) is 0 Å². The standard InChI is InChI=1S/C22H29FN4O3S/c1-25-14-16-27(17-15-25)21-7-4-3-6-20(21)24-22(28)8-5-13-26(2)31(29,30)19-11-9-18(23)10-12-19/h3-4,6-7,9-12H,5,8,13-17H2,1-2H3,(H,24,28). The van der Waals surface area contributed by atoms with E-state index in [2.05, 4.69) is 22.2 Å². The highest BCUT2D eigenvalue weighted by molar-refractivity contribution is 7.89. The monoisotopic (exact) mass is 448 g/mol. The van der Waals surface area contributed by atoms with Gasteiger partial charge in [0.05, 0.1) is 16.3 Å². The van der Waals surface area contributed by atoms with Crippen LogP contribution in [0.4, 0.5) is 15.8 Å². The number of rotatable bonds is 8. The molecule has 2 aromatic carbocycles. The topological polar surface area (TPSA) is 73.0 Å². The molecule has 9 heteroatoms. The minimum Gasteiger partial charge on any atom is -0.367 e. The summed E-state index contributed by atoms with van der Waals surface area (Å²) in [5, 5.41) is 2.97. The maximum atomic E-state index is 13.1. The van der Waals surface area contributed by atoms with Gasteiger partial charge in [0, 0.05) is 46.2 Å². The summed E-state index contributed by atoms with van der Waals surface area (Å²) in [7, 11) is -0.161. The summed E-state index contributed by atoms with van der Waals surface area (Å²) in [4.78, 5) is 17.1. The molecule has 1 saturated heterocycles. The fourth-order valence-corrected chi connectivity index (χ4v) is 4.69. The molecule has 1 amide bonds. The lowest BCUT2D eigenvalue weighted by atomic mass is 10.2. The lowest BCUT2D eigenvalue weighted by Gasteiger charge is -2.35. The molecule has 0 bridgehead atoms. The van der Waals surface area contributed by atoms with Crippen molar-refractivity contribution in [1.82, 2.24) is 9.21 Å².